The number of epoxide rings is 1. The predicted molar refractivity (Wildman–Crippen MR) is 156 cm³/mol. The molecule has 0 bridgehead atoms. The van der Waals surface area contributed by atoms with Crippen molar-refractivity contribution in [2.45, 2.75) is 110 Å². The van der Waals surface area contributed by atoms with Crippen molar-refractivity contribution < 1.29 is 58.6 Å². The molecule has 46 heavy (non-hydrogen) atoms. The fourth-order valence-electron chi connectivity index (χ4n) is 12.4. The van der Waals surface area contributed by atoms with Crippen molar-refractivity contribution in [1.82, 2.24) is 0 Å². The number of allylic oxidation sites excluding steroid dienone is 1. The number of carbonyl (C=O) groups is 4. The molecule has 12 heteroatoms. The number of hydrogen-bond acceptors (Lipinski definition) is 12. The van der Waals surface area contributed by atoms with E-state index < -0.39 is 118 Å². The molecule has 19 atom stereocenters. The van der Waals surface area contributed by atoms with Gasteiger partial charge in [-0.1, -0.05) is 20.8 Å². The summed E-state index contributed by atoms with van der Waals surface area (Å²) < 4.78 is 23.7. The van der Waals surface area contributed by atoms with Crippen molar-refractivity contribution in [3.8, 4) is 0 Å². The van der Waals surface area contributed by atoms with E-state index in [1.165, 1.54) is 27.7 Å². The highest BCUT2D eigenvalue weighted by molar-refractivity contribution is 5.85. The summed E-state index contributed by atoms with van der Waals surface area (Å²) >= 11 is 0. The van der Waals surface area contributed by atoms with E-state index in [0.29, 0.717) is 6.42 Å². The van der Waals surface area contributed by atoms with Gasteiger partial charge in [0.15, 0.2) is 5.60 Å². The molecule has 5 aliphatic carbocycles. The Morgan fingerprint density at radius 3 is 2.04 bits per heavy atom. The topological polar surface area (TPSA) is 189 Å². The number of hydrogen-bond donors (Lipinski definition) is 4. The highest BCUT2D eigenvalue weighted by Crippen LogP contribution is 2.76. The zero-order chi connectivity index (χ0) is 33.8. The summed E-state index contributed by atoms with van der Waals surface area (Å²) in [4.78, 5) is 52.6. The third-order valence-electron chi connectivity index (χ3n) is 14.2. The van der Waals surface area contributed by atoms with Crippen LogP contribution in [-0.2, 0) is 38.1 Å². The van der Waals surface area contributed by atoms with Gasteiger partial charge in [-0.25, -0.2) is 4.79 Å². The third-order valence-corrected chi connectivity index (χ3v) is 14.2. The largest absolute Gasteiger partial charge is 0.461 e. The monoisotopic (exact) mass is 646 g/mol. The summed E-state index contributed by atoms with van der Waals surface area (Å²) in [6.07, 6.45) is -4.62. The molecule has 2 heterocycles. The second-order valence-electron chi connectivity index (χ2n) is 16.1. The van der Waals surface area contributed by atoms with Crippen LogP contribution in [0, 0.1) is 63.6 Å². The van der Waals surface area contributed by atoms with Crippen LogP contribution in [0.15, 0.2) is 11.8 Å². The maximum absolute atomic E-state index is 14.1. The van der Waals surface area contributed by atoms with Crippen molar-refractivity contribution in [3.05, 3.63) is 11.8 Å². The number of carbonyl (C=O) groups excluding carboxylic acids is 4. The zero-order valence-corrected chi connectivity index (χ0v) is 27.5. The van der Waals surface area contributed by atoms with Crippen LogP contribution in [0.2, 0.25) is 0 Å². The van der Waals surface area contributed by atoms with Gasteiger partial charge in [0.2, 0.25) is 0 Å². The van der Waals surface area contributed by atoms with Crippen LogP contribution < -0.4 is 0 Å². The Bertz CT molecular complexity index is 1440. The summed E-state index contributed by atoms with van der Waals surface area (Å²) in [5.74, 6) is -8.16. The standard InChI is InChI=1S/C34H46O12/c1-11-9-17-33(7,34(8,42)30(41)46-17)23-20(11)32(6)22(26(23)40)19-21(18(12(2)35)28(32)43-13(3)36)31(5)15(24(38)25(19)39)10-16-27(45-16)29(31)44-14(4)37/h9,11,15-16,18-29,38-40,42H,10H2,1-8H3/t11?,15?,16-,18?,19?,20?,21?,22?,23?,24-,25?,26?,27-,28-,29-,31-,32+,33-,34+/m0/s1. The molecule has 7 rings (SSSR count). The van der Waals surface area contributed by atoms with Crippen LogP contribution in [0.5, 0.6) is 0 Å². The zero-order valence-electron chi connectivity index (χ0n) is 27.5. The summed E-state index contributed by atoms with van der Waals surface area (Å²) in [5, 5.41) is 48.4. The van der Waals surface area contributed by atoms with Crippen molar-refractivity contribution in [1.29, 1.82) is 0 Å². The smallest absolute Gasteiger partial charge is 0.343 e. The molecule has 2 saturated heterocycles. The van der Waals surface area contributed by atoms with E-state index in [9.17, 15) is 39.6 Å². The van der Waals surface area contributed by atoms with E-state index in [1.807, 2.05) is 20.8 Å². The van der Waals surface area contributed by atoms with Crippen LogP contribution in [0.4, 0.5) is 0 Å². The Morgan fingerprint density at radius 1 is 0.848 bits per heavy atom. The lowest BCUT2D eigenvalue weighted by atomic mass is 9.39. The van der Waals surface area contributed by atoms with Gasteiger partial charge in [0.05, 0.1) is 35.7 Å². The molecule has 6 fully saturated rings. The van der Waals surface area contributed by atoms with Gasteiger partial charge in [0.25, 0.3) is 0 Å². The molecule has 2 aliphatic heterocycles. The molecule has 4 saturated carbocycles. The number of rotatable bonds is 3. The number of ether oxygens (including phenoxy) is 4. The molecule has 0 aromatic rings. The Kier molecular flexibility index (Phi) is 6.73. The van der Waals surface area contributed by atoms with Gasteiger partial charge in [-0.15, -0.1) is 0 Å². The molecule has 0 radical (unpaired) electrons. The first kappa shape index (κ1) is 32.2. The number of Topliss-reactive ketones (excluding diaryl/α,β-unsaturated/α-hetero) is 1. The third kappa shape index (κ3) is 3.57. The minimum Gasteiger partial charge on any atom is -0.461 e. The van der Waals surface area contributed by atoms with Crippen molar-refractivity contribution >= 4 is 23.7 Å². The first-order valence-electron chi connectivity index (χ1n) is 16.5. The van der Waals surface area contributed by atoms with Crippen molar-refractivity contribution in [3.63, 3.8) is 0 Å². The van der Waals surface area contributed by atoms with Gasteiger partial charge in [-0.2, -0.15) is 0 Å². The highest BCUT2D eigenvalue weighted by atomic mass is 16.6. The van der Waals surface area contributed by atoms with Gasteiger partial charge in [0.1, 0.15) is 29.9 Å². The van der Waals surface area contributed by atoms with E-state index >= 15 is 0 Å². The van der Waals surface area contributed by atoms with Crippen LogP contribution in [0.3, 0.4) is 0 Å². The summed E-state index contributed by atoms with van der Waals surface area (Å²) in [5.41, 5.74) is -5.73. The van der Waals surface area contributed by atoms with Crippen LogP contribution in [0.25, 0.3) is 0 Å². The second-order valence-corrected chi connectivity index (χ2v) is 16.1. The number of aliphatic hydroxyl groups excluding tert-OH is 3. The van der Waals surface area contributed by atoms with E-state index in [1.54, 1.807) is 13.0 Å². The maximum atomic E-state index is 14.1. The number of aliphatic hydroxyl groups is 4. The minimum absolute atomic E-state index is 0.247. The highest BCUT2D eigenvalue weighted by Gasteiger charge is 2.82. The lowest BCUT2D eigenvalue weighted by Crippen LogP contribution is -2.74. The molecular formula is C34H46O12. The SMILES string of the molecule is CC(=O)O[C@H]1C(C(C)=O)C2C(C(O)[C@@H](O)C3C[C@@H]4O[C@@H]4[C@H](OC(C)=O)[C@]23C)C2C(O)C3C(C(C)C=C4OC(=O)[C@@](C)(O)[C@@]43C)[C@]21C. The molecule has 0 spiro atoms. The molecule has 4 N–H and O–H groups in total. The van der Waals surface area contributed by atoms with Crippen LogP contribution in [-0.4, -0.2) is 92.4 Å². The quantitative estimate of drug-likeness (QED) is 0.193. The first-order chi connectivity index (χ1) is 21.3. The fourth-order valence-corrected chi connectivity index (χ4v) is 12.4. The average Bonchev–Trinajstić information content (AvgIpc) is 3.64. The van der Waals surface area contributed by atoms with Gasteiger partial charge >= 0.3 is 17.9 Å². The number of fused-ring (bicyclic) bond motifs is 10. The van der Waals surface area contributed by atoms with Gasteiger partial charge in [-0.05, 0) is 62.9 Å². The Hall–Kier alpha value is -2.38. The Morgan fingerprint density at radius 2 is 1.46 bits per heavy atom. The molecule has 0 amide bonds. The molecule has 254 valence electrons. The number of ketones is 1. The average molecular weight is 647 g/mol. The minimum atomic E-state index is -2.02. The molecule has 12 nitrogen and oxygen atoms in total. The van der Waals surface area contributed by atoms with Crippen LogP contribution >= 0.6 is 0 Å². The summed E-state index contributed by atoms with van der Waals surface area (Å²) in [6.45, 7) is 12.6. The van der Waals surface area contributed by atoms with Gasteiger partial charge in [-0.3, -0.25) is 14.4 Å². The lowest BCUT2D eigenvalue weighted by molar-refractivity contribution is -0.281. The lowest BCUT2D eigenvalue weighted by Gasteiger charge is -2.67. The first-order valence-corrected chi connectivity index (χ1v) is 16.5. The van der Waals surface area contributed by atoms with E-state index in [2.05, 4.69) is 0 Å². The summed E-state index contributed by atoms with van der Waals surface area (Å²) in [6, 6.07) is 0. The molecule has 10 unspecified atom stereocenters. The second kappa shape index (κ2) is 9.62. The predicted octanol–water partition coefficient (Wildman–Crippen LogP) is 0.907. The van der Waals surface area contributed by atoms with Crippen molar-refractivity contribution in [2.75, 3.05) is 0 Å². The van der Waals surface area contributed by atoms with Gasteiger partial charge < -0.3 is 39.4 Å². The number of esters is 3. The molecule has 0 aromatic heterocycles. The van der Waals surface area contributed by atoms with Crippen LogP contribution in [0.1, 0.15) is 61.8 Å². The molecule has 7 aliphatic rings. The summed E-state index contributed by atoms with van der Waals surface area (Å²) in [7, 11) is 0. The fraction of sp³-hybridized carbons (Fsp3) is 0.824. The van der Waals surface area contributed by atoms with Gasteiger partial charge in [0, 0.05) is 36.5 Å². The van der Waals surface area contributed by atoms with E-state index in [0.717, 1.165) is 0 Å². The van der Waals surface area contributed by atoms with Crippen molar-refractivity contribution in [2.24, 2.45) is 63.6 Å². The molecule has 0 aromatic carbocycles. The Balaban J connectivity index is 1.49. The van der Waals surface area contributed by atoms with E-state index in [4.69, 9.17) is 18.9 Å². The Labute approximate surface area is 267 Å². The van der Waals surface area contributed by atoms with E-state index in [-0.39, 0.29) is 23.6 Å². The maximum Gasteiger partial charge on any atom is 0.343 e. The molecular weight excluding hydrogens is 600 g/mol. The normalized spacial score (nSPS) is 57.7.